The third kappa shape index (κ3) is 1.62. The fourth-order valence-corrected chi connectivity index (χ4v) is 2.24. The highest BCUT2D eigenvalue weighted by molar-refractivity contribution is 5.57. The van der Waals surface area contributed by atoms with E-state index >= 15 is 0 Å². The van der Waals surface area contributed by atoms with Gasteiger partial charge in [0.2, 0.25) is 0 Å². The SMILES string of the molecule is CCNC1CCNc2cccc(C)c21. The molecule has 0 spiro atoms. The third-order valence-electron chi connectivity index (χ3n) is 2.87. The van der Waals surface area contributed by atoms with E-state index in [2.05, 4.69) is 42.7 Å². The molecule has 0 saturated heterocycles. The van der Waals surface area contributed by atoms with Crippen molar-refractivity contribution < 1.29 is 0 Å². The number of rotatable bonds is 2. The van der Waals surface area contributed by atoms with Crippen LogP contribution in [0, 0.1) is 6.92 Å². The van der Waals surface area contributed by atoms with E-state index in [4.69, 9.17) is 0 Å². The molecule has 1 aromatic rings. The number of aryl methyl sites for hydroxylation is 1. The maximum absolute atomic E-state index is 3.54. The first-order valence-electron chi connectivity index (χ1n) is 5.39. The molecule has 1 aromatic carbocycles. The van der Waals surface area contributed by atoms with Crippen molar-refractivity contribution in [1.29, 1.82) is 0 Å². The van der Waals surface area contributed by atoms with Gasteiger partial charge >= 0.3 is 0 Å². The maximum Gasteiger partial charge on any atom is 0.0391 e. The molecular weight excluding hydrogens is 172 g/mol. The zero-order valence-corrected chi connectivity index (χ0v) is 8.93. The predicted molar refractivity (Wildman–Crippen MR) is 60.7 cm³/mol. The Bertz CT molecular complexity index is 320. The number of benzene rings is 1. The van der Waals surface area contributed by atoms with Crippen LogP contribution in [0.2, 0.25) is 0 Å². The van der Waals surface area contributed by atoms with Gasteiger partial charge in [0.05, 0.1) is 0 Å². The second-order valence-electron chi connectivity index (χ2n) is 3.86. The molecule has 1 aliphatic rings. The van der Waals surface area contributed by atoms with E-state index in [0.29, 0.717) is 6.04 Å². The summed E-state index contributed by atoms with van der Waals surface area (Å²) in [5.74, 6) is 0. The Balaban J connectivity index is 2.36. The lowest BCUT2D eigenvalue weighted by Crippen LogP contribution is -2.28. The van der Waals surface area contributed by atoms with Crippen LogP contribution in [0.3, 0.4) is 0 Å². The third-order valence-corrected chi connectivity index (χ3v) is 2.87. The van der Waals surface area contributed by atoms with Crippen LogP contribution < -0.4 is 10.6 Å². The van der Waals surface area contributed by atoms with Crippen molar-refractivity contribution in [3.63, 3.8) is 0 Å². The van der Waals surface area contributed by atoms with Gasteiger partial charge in [0.15, 0.2) is 0 Å². The van der Waals surface area contributed by atoms with Crippen LogP contribution in [0.4, 0.5) is 5.69 Å². The number of nitrogens with one attached hydrogen (secondary N) is 2. The van der Waals surface area contributed by atoms with E-state index in [-0.39, 0.29) is 0 Å². The first kappa shape index (κ1) is 9.53. The van der Waals surface area contributed by atoms with Crippen LogP contribution in [-0.4, -0.2) is 13.1 Å². The van der Waals surface area contributed by atoms with E-state index in [9.17, 15) is 0 Å². The van der Waals surface area contributed by atoms with Gasteiger partial charge in [-0.25, -0.2) is 0 Å². The van der Waals surface area contributed by atoms with E-state index in [1.54, 1.807) is 0 Å². The molecule has 2 N–H and O–H groups in total. The predicted octanol–water partition coefficient (Wildman–Crippen LogP) is 2.46. The molecule has 1 atom stereocenters. The quantitative estimate of drug-likeness (QED) is 0.748. The molecule has 1 heterocycles. The van der Waals surface area contributed by atoms with Crippen LogP contribution in [-0.2, 0) is 0 Å². The molecule has 1 unspecified atom stereocenters. The minimum absolute atomic E-state index is 0.539. The molecule has 0 fully saturated rings. The van der Waals surface area contributed by atoms with Crippen molar-refractivity contribution in [2.45, 2.75) is 26.3 Å². The Hall–Kier alpha value is -1.02. The van der Waals surface area contributed by atoms with Gasteiger partial charge in [0.1, 0.15) is 0 Å². The zero-order chi connectivity index (χ0) is 9.97. The first-order chi connectivity index (χ1) is 6.83. The number of hydrogen-bond donors (Lipinski definition) is 2. The Morgan fingerprint density at radius 1 is 1.50 bits per heavy atom. The molecule has 0 aromatic heterocycles. The van der Waals surface area contributed by atoms with Gasteiger partial charge in [-0.05, 0) is 37.1 Å². The Morgan fingerprint density at radius 2 is 2.36 bits per heavy atom. The highest BCUT2D eigenvalue weighted by Crippen LogP contribution is 2.31. The van der Waals surface area contributed by atoms with Gasteiger partial charge in [-0.1, -0.05) is 19.1 Å². The van der Waals surface area contributed by atoms with Crippen molar-refractivity contribution in [3.8, 4) is 0 Å². The van der Waals surface area contributed by atoms with Crippen LogP contribution in [0.25, 0.3) is 0 Å². The first-order valence-corrected chi connectivity index (χ1v) is 5.39. The van der Waals surface area contributed by atoms with Gasteiger partial charge in [-0.2, -0.15) is 0 Å². The van der Waals surface area contributed by atoms with Crippen LogP contribution in [0.5, 0.6) is 0 Å². The minimum atomic E-state index is 0.539. The minimum Gasteiger partial charge on any atom is -0.385 e. The lowest BCUT2D eigenvalue weighted by Gasteiger charge is -2.28. The second kappa shape index (κ2) is 4.01. The van der Waals surface area contributed by atoms with E-state index < -0.39 is 0 Å². The molecule has 2 rings (SSSR count). The fraction of sp³-hybridized carbons (Fsp3) is 0.500. The standard InChI is InChI=1S/C12H18N2/c1-3-13-11-7-8-14-10-6-4-5-9(2)12(10)11/h4-6,11,13-14H,3,7-8H2,1-2H3. The lowest BCUT2D eigenvalue weighted by atomic mass is 9.93. The molecule has 76 valence electrons. The molecule has 2 heteroatoms. The van der Waals surface area contributed by atoms with E-state index in [1.807, 2.05) is 0 Å². The molecular formula is C12H18N2. The molecule has 1 aliphatic heterocycles. The molecule has 0 bridgehead atoms. The van der Waals surface area contributed by atoms with Crippen molar-refractivity contribution >= 4 is 5.69 Å². The van der Waals surface area contributed by atoms with Gasteiger partial charge in [0, 0.05) is 18.3 Å². The van der Waals surface area contributed by atoms with E-state index in [1.165, 1.54) is 23.2 Å². The highest BCUT2D eigenvalue weighted by atomic mass is 15.0. The van der Waals surface area contributed by atoms with Crippen LogP contribution in [0.1, 0.15) is 30.5 Å². The number of fused-ring (bicyclic) bond motifs is 1. The molecule has 2 nitrogen and oxygen atoms in total. The van der Waals surface area contributed by atoms with Gasteiger partial charge in [-0.15, -0.1) is 0 Å². The summed E-state index contributed by atoms with van der Waals surface area (Å²) >= 11 is 0. The highest BCUT2D eigenvalue weighted by Gasteiger charge is 2.20. The van der Waals surface area contributed by atoms with Crippen molar-refractivity contribution in [2.24, 2.45) is 0 Å². The summed E-state index contributed by atoms with van der Waals surface area (Å²) in [6, 6.07) is 7.02. The second-order valence-corrected chi connectivity index (χ2v) is 3.86. The average molecular weight is 190 g/mol. The summed E-state index contributed by atoms with van der Waals surface area (Å²) in [6.07, 6.45) is 1.19. The Morgan fingerprint density at radius 3 is 3.14 bits per heavy atom. The fourth-order valence-electron chi connectivity index (χ4n) is 2.24. The monoisotopic (exact) mass is 190 g/mol. The zero-order valence-electron chi connectivity index (χ0n) is 8.93. The van der Waals surface area contributed by atoms with E-state index in [0.717, 1.165) is 13.1 Å². The van der Waals surface area contributed by atoms with Crippen molar-refractivity contribution in [1.82, 2.24) is 5.32 Å². The summed E-state index contributed by atoms with van der Waals surface area (Å²) in [6.45, 7) is 6.47. The molecule has 0 radical (unpaired) electrons. The van der Waals surface area contributed by atoms with Crippen LogP contribution in [0.15, 0.2) is 18.2 Å². The molecule has 0 saturated carbocycles. The Kier molecular flexibility index (Phi) is 2.73. The lowest BCUT2D eigenvalue weighted by molar-refractivity contribution is 0.515. The van der Waals surface area contributed by atoms with Gasteiger partial charge in [-0.3, -0.25) is 0 Å². The summed E-state index contributed by atoms with van der Waals surface area (Å²) in [4.78, 5) is 0. The summed E-state index contributed by atoms with van der Waals surface area (Å²) in [5, 5.41) is 6.99. The number of anilines is 1. The van der Waals surface area contributed by atoms with Crippen molar-refractivity contribution in [3.05, 3.63) is 29.3 Å². The van der Waals surface area contributed by atoms with Crippen molar-refractivity contribution in [2.75, 3.05) is 18.4 Å². The maximum atomic E-state index is 3.54. The molecule has 0 amide bonds. The molecule has 14 heavy (non-hydrogen) atoms. The largest absolute Gasteiger partial charge is 0.385 e. The number of hydrogen-bond acceptors (Lipinski definition) is 2. The summed E-state index contributed by atoms with van der Waals surface area (Å²) < 4.78 is 0. The Labute approximate surface area is 85.7 Å². The normalized spacial score (nSPS) is 20.0. The average Bonchev–Trinajstić information content (AvgIpc) is 2.19. The smallest absolute Gasteiger partial charge is 0.0391 e. The summed E-state index contributed by atoms with van der Waals surface area (Å²) in [7, 11) is 0. The summed E-state index contributed by atoms with van der Waals surface area (Å²) in [5.41, 5.74) is 4.16. The van der Waals surface area contributed by atoms with Gasteiger partial charge < -0.3 is 10.6 Å². The van der Waals surface area contributed by atoms with Crippen LogP contribution >= 0.6 is 0 Å². The van der Waals surface area contributed by atoms with Gasteiger partial charge in [0.25, 0.3) is 0 Å². The topological polar surface area (TPSA) is 24.1 Å². The molecule has 0 aliphatic carbocycles.